The molecule has 1 amide bonds. The normalized spacial score (nSPS) is 24.2. The highest BCUT2D eigenvalue weighted by Gasteiger charge is 2.38. The molecule has 3 aliphatic heterocycles. The number of amides is 1. The summed E-state index contributed by atoms with van der Waals surface area (Å²) in [6, 6.07) is 4.44. The van der Waals surface area contributed by atoms with Gasteiger partial charge in [0.05, 0.1) is 25.0 Å². The molecule has 0 spiro atoms. The number of nitrogens with zero attached hydrogens (tertiary/aromatic N) is 2. The summed E-state index contributed by atoms with van der Waals surface area (Å²) in [5, 5.41) is 0. The second-order valence-electron chi connectivity index (χ2n) is 6.59. The Labute approximate surface area is 148 Å². The molecule has 0 aromatic heterocycles. The maximum absolute atomic E-state index is 12.4. The van der Waals surface area contributed by atoms with Crippen molar-refractivity contribution in [2.75, 3.05) is 40.6 Å². The van der Waals surface area contributed by atoms with Crippen molar-refractivity contribution >= 4 is 17.7 Å². The lowest BCUT2D eigenvalue weighted by molar-refractivity contribution is -0.138. The van der Waals surface area contributed by atoms with Gasteiger partial charge in [0, 0.05) is 38.3 Å². The largest absolute Gasteiger partial charge is 0.496 e. The van der Waals surface area contributed by atoms with Crippen LogP contribution >= 0.6 is 11.8 Å². The second kappa shape index (κ2) is 7.23. The van der Waals surface area contributed by atoms with E-state index < -0.39 is 0 Å². The van der Waals surface area contributed by atoms with Crippen molar-refractivity contribution in [3.63, 3.8) is 0 Å². The van der Waals surface area contributed by atoms with Gasteiger partial charge in [0.1, 0.15) is 11.5 Å². The quantitative estimate of drug-likeness (QED) is 0.763. The molecular formula is C18H26N2O3S. The predicted molar refractivity (Wildman–Crippen MR) is 95.9 cm³/mol. The third-order valence-corrected chi connectivity index (χ3v) is 5.98. The lowest BCUT2D eigenvalue weighted by Crippen LogP contribution is -2.45. The number of likely N-dealkylation sites (N-methyl/N-ethyl adjacent to an activating group) is 1. The highest BCUT2D eigenvalue weighted by atomic mass is 32.2. The summed E-state index contributed by atoms with van der Waals surface area (Å²) in [6.07, 6.45) is 4.15. The van der Waals surface area contributed by atoms with Gasteiger partial charge in [-0.05, 0) is 31.2 Å². The Hall–Kier alpha value is -1.40. The number of carbonyl (C=O) groups is 1. The van der Waals surface area contributed by atoms with E-state index in [9.17, 15) is 4.79 Å². The van der Waals surface area contributed by atoms with Gasteiger partial charge in [-0.3, -0.25) is 9.69 Å². The van der Waals surface area contributed by atoms with Crippen molar-refractivity contribution in [2.45, 2.75) is 30.3 Å². The fraction of sp³-hybridized carbons (Fsp3) is 0.611. The van der Waals surface area contributed by atoms with Crippen LogP contribution in [0.25, 0.3) is 0 Å². The number of thioether (sulfide) groups is 1. The van der Waals surface area contributed by atoms with Crippen molar-refractivity contribution in [3.05, 3.63) is 17.7 Å². The molecule has 2 bridgehead atoms. The zero-order valence-electron chi connectivity index (χ0n) is 14.9. The molecule has 2 atom stereocenters. The van der Waals surface area contributed by atoms with Crippen LogP contribution in [0.3, 0.4) is 0 Å². The van der Waals surface area contributed by atoms with Crippen molar-refractivity contribution in [1.29, 1.82) is 0 Å². The first-order valence-corrected chi connectivity index (χ1v) is 9.57. The third-order valence-electron chi connectivity index (χ3n) is 5.22. The standard InChI is InChI=1S/C18H26N2O3S/c1-19-14-6-5-12(18(19)21)9-20(11-14)10-13-7-16(23-3)17(24-4)8-15(13)22-2/h7-8,12,14H,5-6,9-11H2,1-4H3/t12-,14+/m1/s1. The zero-order valence-corrected chi connectivity index (χ0v) is 15.7. The molecular weight excluding hydrogens is 324 g/mol. The van der Waals surface area contributed by atoms with E-state index in [0.29, 0.717) is 11.9 Å². The summed E-state index contributed by atoms with van der Waals surface area (Å²) in [4.78, 5) is 17.8. The lowest BCUT2D eigenvalue weighted by Gasteiger charge is -2.32. The Bertz CT molecular complexity index is 623. The fourth-order valence-electron chi connectivity index (χ4n) is 3.83. The summed E-state index contributed by atoms with van der Waals surface area (Å²) in [6.45, 7) is 2.53. The lowest BCUT2D eigenvalue weighted by atomic mass is 9.95. The predicted octanol–water partition coefficient (Wildman–Crippen LogP) is 2.48. The topological polar surface area (TPSA) is 42.0 Å². The molecule has 6 heteroatoms. The Morgan fingerprint density at radius 1 is 1.17 bits per heavy atom. The molecule has 1 aromatic rings. The van der Waals surface area contributed by atoms with Crippen molar-refractivity contribution < 1.29 is 14.3 Å². The molecule has 24 heavy (non-hydrogen) atoms. The van der Waals surface area contributed by atoms with Crippen LogP contribution in [0.15, 0.2) is 17.0 Å². The van der Waals surface area contributed by atoms with Gasteiger partial charge in [-0.1, -0.05) is 0 Å². The van der Waals surface area contributed by atoms with Gasteiger partial charge in [0.2, 0.25) is 5.91 Å². The Morgan fingerprint density at radius 2 is 1.92 bits per heavy atom. The SMILES string of the molecule is COc1cc(SC)c(OC)cc1CN1C[C@H]2CC[C@@H](C1)N(C)C2=O. The Balaban J connectivity index is 1.84. The summed E-state index contributed by atoms with van der Waals surface area (Å²) in [5.41, 5.74) is 1.11. The van der Waals surface area contributed by atoms with Crippen LogP contribution in [0.2, 0.25) is 0 Å². The Kier molecular flexibility index (Phi) is 5.25. The molecule has 3 aliphatic rings. The molecule has 3 fully saturated rings. The van der Waals surface area contributed by atoms with Gasteiger partial charge in [0.25, 0.3) is 0 Å². The maximum atomic E-state index is 12.4. The van der Waals surface area contributed by atoms with E-state index in [1.807, 2.05) is 24.3 Å². The van der Waals surface area contributed by atoms with Crippen molar-refractivity contribution in [3.8, 4) is 11.5 Å². The molecule has 4 rings (SSSR count). The van der Waals surface area contributed by atoms with Crippen molar-refractivity contribution in [1.82, 2.24) is 9.80 Å². The average Bonchev–Trinajstić information content (AvgIpc) is 2.87. The summed E-state index contributed by atoms with van der Waals surface area (Å²) in [7, 11) is 5.35. The van der Waals surface area contributed by atoms with Gasteiger partial charge < -0.3 is 14.4 Å². The smallest absolute Gasteiger partial charge is 0.227 e. The van der Waals surface area contributed by atoms with Gasteiger partial charge >= 0.3 is 0 Å². The number of piperidine rings is 1. The number of fused-ring (bicyclic) bond motifs is 4. The minimum Gasteiger partial charge on any atom is -0.496 e. The number of methoxy groups -OCH3 is 2. The van der Waals surface area contributed by atoms with E-state index in [1.54, 1.807) is 26.0 Å². The minimum atomic E-state index is 0.132. The van der Waals surface area contributed by atoms with E-state index in [-0.39, 0.29) is 5.92 Å². The monoisotopic (exact) mass is 350 g/mol. The van der Waals surface area contributed by atoms with E-state index in [4.69, 9.17) is 9.47 Å². The third kappa shape index (κ3) is 3.22. The number of hydrogen-bond acceptors (Lipinski definition) is 5. The van der Waals surface area contributed by atoms with Crippen LogP contribution in [0.4, 0.5) is 0 Å². The zero-order chi connectivity index (χ0) is 17.3. The van der Waals surface area contributed by atoms with Crippen LogP contribution in [0.1, 0.15) is 18.4 Å². The molecule has 0 radical (unpaired) electrons. The number of rotatable bonds is 5. The average molecular weight is 350 g/mol. The van der Waals surface area contributed by atoms with Crippen LogP contribution in [-0.2, 0) is 11.3 Å². The fourth-order valence-corrected chi connectivity index (χ4v) is 4.40. The van der Waals surface area contributed by atoms with Crippen LogP contribution in [-0.4, -0.2) is 62.4 Å². The summed E-state index contributed by atoms with van der Waals surface area (Å²) < 4.78 is 11.1. The van der Waals surface area contributed by atoms with Gasteiger partial charge in [-0.2, -0.15) is 0 Å². The number of hydrogen-bond donors (Lipinski definition) is 0. The first-order valence-electron chi connectivity index (χ1n) is 8.35. The molecule has 5 nitrogen and oxygen atoms in total. The maximum Gasteiger partial charge on any atom is 0.227 e. The van der Waals surface area contributed by atoms with Gasteiger partial charge in [-0.15, -0.1) is 11.8 Å². The molecule has 0 aliphatic carbocycles. The number of ether oxygens (including phenoxy) is 2. The molecule has 1 aromatic carbocycles. The van der Waals surface area contributed by atoms with Crippen LogP contribution in [0.5, 0.6) is 11.5 Å². The van der Waals surface area contributed by atoms with E-state index in [2.05, 4.69) is 11.0 Å². The van der Waals surface area contributed by atoms with E-state index >= 15 is 0 Å². The molecule has 0 N–H and O–H groups in total. The number of carbonyl (C=O) groups excluding carboxylic acids is 1. The Morgan fingerprint density at radius 3 is 2.58 bits per heavy atom. The highest BCUT2D eigenvalue weighted by molar-refractivity contribution is 7.98. The second-order valence-corrected chi connectivity index (χ2v) is 7.44. The molecule has 3 saturated heterocycles. The van der Waals surface area contributed by atoms with Gasteiger partial charge in [0.15, 0.2) is 0 Å². The van der Waals surface area contributed by atoms with Crippen LogP contribution < -0.4 is 9.47 Å². The van der Waals surface area contributed by atoms with Gasteiger partial charge in [-0.25, -0.2) is 0 Å². The first kappa shape index (κ1) is 17.4. The number of benzene rings is 1. The highest BCUT2D eigenvalue weighted by Crippen LogP contribution is 2.36. The minimum absolute atomic E-state index is 0.132. The molecule has 0 saturated carbocycles. The molecule has 3 heterocycles. The van der Waals surface area contributed by atoms with Crippen molar-refractivity contribution in [2.24, 2.45) is 5.92 Å². The molecule has 132 valence electrons. The van der Waals surface area contributed by atoms with E-state index in [0.717, 1.165) is 54.4 Å². The summed E-state index contributed by atoms with van der Waals surface area (Å²) >= 11 is 1.65. The summed E-state index contributed by atoms with van der Waals surface area (Å²) in [5.74, 6) is 2.20. The first-order chi connectivity index (χ1) is 11.6. The molecule has 0 unspecified atom stereocenters. The van der Waals surface area contributed by atoms with E-state index in [1.165, 1.54) is 0 Å². The van der Waals surface area contributed by atoms with Crippen LogP contribution in [0, 0.1) is 5.92 Å².